The fourth-order valence-corrected chi connectivity index (χ4v) is 3.69. The summed E-state index contributed by atoms with van der Waals surface area (Å²) in [5.74, 6) is 0.229. The molecular weight excluding hydrogens is 352 g/mol. The SMILES string of the molecule is O=C(CSc1nncn1-c1ccccc1)NCc1ccc(Cl)s1. The number of nitrogens with zero attached hydrogens (tertiary/aromatic N) is 3. The summed E-state index contributed by atoms with van der Waals surface area (Å²) in [7, 11) is 0. The van der Waals surface area contributed by atoms with Gasteiger partial charge in [0.05, 0.1) is 16.6 Å². The Morgan fingerprint density at radius 2 is 2.09 bits per heavy atom. The molecule has 0 aliphatic heterocycles. The fraction of sp³-hybridized carbons (Fsp3) is 0.133. The first kappa shape index (κ1) is 16.0. The molecule has 2 heterocycles. The molecule has 0 spiro atoms. The Kier molecular flexibility index (Phi) is 5.32. The number of para-hydroxylation sites is 1. The lowest BCUT2D eigenvalue weighted by atomic mass is 10.3. The van der Waals surface area contributed by atoms with Crippen LogP contribution in [0.2, 0.25) is 4.34 Å². The molecular formula is C15H13ClN4OS2. The lowest BCUT2D eigenvalue weighted by Gasteiger charge is -2.06. The van der Waals surface area contributed by atoms with Crippen LogP contribution in [0.3, 0.4) is 0 Å². The molecule has 23 heavy (non-hydrogen) atoms. The second-order valence-electron chi connectivity index (χ2n) is 4.59. The minimum atomic E-state index is -0.0536. The van der Waals surface area contributed by atoms with Gasteiger partial charge < -0.3 is 5.32 Å². The maximum Gasteiger partial charge on any atom is 0.230 e. The number of amides is 1. The zero-order chi connectivity index (χ0) is 16.1. The second-order valence-corrected chi connectivity index (χ2v) is 7.33. The Morgan fingerprint density at radius 3 is 2.83 bits per heavy atom. The van der Waals surface area contributed by atoms with Gasteiger partial charge in [0.1, 0.15) is 6.33 Å². The van der Waals surface area contributed by atoms with Gasteiger partial charge in [-0.05, 0) is 24.3 Å². The lowest BCUT2D eigenvalue weighted by molar-refractivity contribution is -0.118. The van der Waals surface area contributed by atoms with E-state index in [1.54, 1.807) is 6.33 Å². The summed E-state index contributed by atoms with van der Waals surface area (Å²) >= 11 is 8.68. The standard InChI is InChI=1S/C15H13ClN4OS2/c16-13-7-6-12(23-13)8-17-14(21)9-22-15-19-18-10-20(15)11-4-2-1-3-5-11/h1-7,10H,8-9H2,(H,17,21). The number of hydrogen-bond acceptors (Lipinski definition) is 5. The number of thioether (sulfide) groups is 1. The number of thiophene rings is 1. The van der Waals surface area contributed by atoms with E-state index in [1.807, 2.05) is 47.0 Å². The molecule has 118 valence electrons. The minimum Gasteiger partial charge on any atom is -0.350 e. The lowest BCUT2D eigenvalue weighted by Crippen LogP contribution is -2.24. The van der Waals surface area contributed by atoms with Crippen molar-refractivity contribution < 1.29 is 4.79 Å². The molecule has 1 N–H and O–H groups in total. The summed E-state index contributed by atoms with van der Waals surface area (Å²) in [5, 5.41) is 11.5. The van der Waals surface area contributed by atoms with Gasteiger partial charge in [-0.15, -0.1) is 21.5 Å². The molecule has 3 aromatic rings. The van der Waals surface area contributed by atoms with Crippen molar-refractivity contribution >= 4 is 40.6 Å². The number of hydrogen-bond donors (Lipinski definition) is 1. The molecule has 0 radical (unpaired) electrons. The zero-order valence-corrected chi connectivity index (χ0v) is 14.4. The number of nitrogens with one attached hydrogen (secondary N) is 1. The number of rotatable bonds is 6. The molecule has 0 saturated carbocycles. The van der Waals surface area contributed by atoms with Crippen molar-refractivity contribution in [3.63, 3.8) is 0 Å². The van der Waals surface area contributed by atoms with Crippen molar-refractivity contribution in [1.29, 1.82) is 0 Å². The fourth-order valence-electron chi connectivity index (χ4n) is 1.90. The predicted octanol–water partition coefficient (Wildman–Crippen LogP) is 3.39. The molecule has 0 atom stereocenters. The molecule has 0 bridgehead atoms. The smallest absolute Gasteiger partial charge is 0.230 e. The van der Waals surface area contributed by atoms with Crippen LogP contribution in [0.4, 0.5) is 0 Å². The van der Waals surface area contributed by atoms with E-state index in [-0.39, 0.29) is 11.7 Å². The maximum absolute atomic E-state index is 11.9. The van der Waals surface area contributed by atoms with Crippen LogP contribution in [0.15, 0.2) is 53.9 Å². The van der Waals surface area contributed by atoms with E-state index < -0.39 is 0 Å². The van der Waals surface area contributed by atoms with Crippen LogP contribution in [0, 0.1) is 0 Å². The monoisotopic (exact) mass is 364 g/mol. The number of aromatic nitrogens is 3. The summed E-state index contributed by atoms with van der Waals surface area (Å²) in [6.45, 7) is 0.488. The Bertz CT molecular complexity index is 788. The zero-order valence-electron chi connectivity index (χ0n) is 12.0. The highest BCUT2D eigenvalue weighted by molar-refractivity contribution is 7.99. The molecule has 0 unspecified atom stereocenters. The Balaban J connectivity index is 1.54. The van der Waals surface area contributed by atoms with E-state index >= 15 is 0 Å². The topological polar surface area (TPSA) is 59.8 Å². The van der Waals surface area contributed by atoms with Crippen molar-refractivity contribution in [3.05, 3.63) is 58.0 Å². The average Bonchev–Trinajstić information content (AvgIpc) is 3.20. The minimum absolute atomic E-state index is 0.0536. The Labute approximate surface area is 146 Å². The van der Waals surface area contributed by atoms with Gasteiger partial charge in [-0.25, -0.2) is 0 Å². The summed E-state index contributed by atoms with van der Waals surface area (Å²) < 4.78 is 2.58. The summed E-state index contributed by atoms with van der Waals surface area (Å²) in [6.07, 6.45) is 1.64. The third-order valence-electron chi connectivity index (χ3n) is 2.97. The molecule has 0 saturated heterocycles. The molecule has 2 aromatic heterocycles. The first-order chi connectivity index (χ1) is 11.2. The predicted molar refractivity (Wildman–Crippen MR) is 93.3 cm³/mol. The van der Waals surface area contributed by atoms with Crippen LogP contribution >= 0.6 is 34.7 Å². The molecule has 8 heteroatoms. The number of benzene rings is 1. The summed E-state index contributed by atoms with van der Waals surface area (Å²) in [4.78, 5) is 13.0. The van der Waals surface area contributed by atoms with Crippen molar-refractivity contribution in [2.45, 2.75) is 11.7 Å². The van der Waals surface area contributed by atoms with Gasteiger partial charge in [0.2, 0.25) is 5.91 Å². The molecule has 1 amide bonds. The third-order valence-corrected chi connectivity index (χ3v) is 5.15. The summed E-state index contributed by atoms with van der Waals surface area (Å²) in [5.41, 5.74) is 0.966. The Hall–Kier alpha value is -1.83. The summed E-state index contributed by atoms with van der Waals surface area (Å²) in [6, 6.07) is 13.5. The normalized spacial score (nSPS) is 10.7. The van der Waals surface area contributed by atoms with Crippen molar-refractivity contribution in [1.82, 2.24) is 20.1 Å². The highest BCUT2D eigenvalue weighted by Crippen LogP contribution is 2.21. The van der Waals surface area contributed by atoms with Crippen LogP contribution in [-0.2, 0) is 11.3 Å². The van der Waals surface area contributed by atoms with Crippen LogP contribution < -0.4 is 5.32 Å². The Morgan fingerprint density at radius 1 is 1.26 bits per heavy atom. The molecule has 3 rings (SSSR count). The van der Waals surface area contributed by atoms with E-state index in [1.165, 1.54) is 23.1 Å². The molecule has 0 aliphatic rings. The molecule has 1 aromatic carbocycles. The van der Waals surface area contributed by atoms with Gasteiger partial charge in [-0.2, -0.15) is 0 Å². The van der Waals surface area contributed by atoms with Gasteiger partial charge >= 0.3 is 0 Å². The van der Waals surface area contributed by atoms with Crippen LogP contribution in [0.25, 0.3) is 5.69 Å². The molecule has 0 aliphatic carbocycles. The maximum atomic E-state index is 11.9. The third kappa shape index (κ3) is 4.34. The van der Waals surface area contributed by atoms with E-state index in [0.717, 1.165) is 14.9 Å². The van der Waals surface area contributed by atoms with Crippen molar-refractivity contribution in [2.75, 3.05) is 5.75 Å². The van der Waals surface area contributed by atoms with Gasteiger partial charge in [0.15, 0.2) is 5.16 Å². The second kappa shape index (κ2) is 7.63. The van der Waals surface area contributed by atoms with Crippen LogP contribution in [0.5, 0.6) is 0 Å². The number of halogens is 1. The highest BCUT2D eigenvalue weighted by Gasteiger charge is 2.10. The van der Waals surface area contributed by atoms with E-state index in [9.17, 15) is 4.79 Å². The van der Waals surface area contributed by atoms with Crippen LogP contribution in [-0.4, -0.2) is 26.4 Å². The average molecular weight is 365 g/mol. The van der Waals surface area contributed by atoms with Crippen molar-refractivity contribution in [3.8, 4) is 5.69 Å². The first-order valence-corrected chi connectivity index (χ1v) is 8.99. The number of carbonyl (C=O) groups excluding carboxylic acids is 1. The van der Waals surface area contributed by atoms with E-state index in [4.69, 9.17) is 11.6 Å². The van der Waals surface area contributed by atoms with E-state index in [0.29, 0.717) is 11.7 Å². The van der Waals surface area contributed by atoms with Gasteiger partial charge in [0.25, 0.3) is 0 Å². The van der Waals surface area contributed by atoms with Gasteiger partial charge in [-0.1, -0.05) is 41.6 Å². The number of carbonyl (C=O) groups is 1. The van der Waals surface area contributed by atoms with Gasteiger partial charge in [-0.3, -0.25) is 9.36 Å². The van der Waals surface area contributed by atoms with Gasteiger partial charge in [0, 0.05) is 10.6 Å². The van der Waals surface area contributed by atoms with Crippen molar-refractivity contribution in [2.24, 2.45) is 0 Å². The van der Waals surface area contributed by atoms with E-state index in [2.05, 4.69) is 15.5 Å². The molecule has 5 nitrogen and oxygen atoms in total. The highest BCUT2D eigenvalue weighted by atomic mass is 35.5. The quantitative estimate of drug-likeness (QED) is 0.681. The van der Waals surface area contributed by atoms with Crippen LogP contribution in [0.1, 0.15) is 4.88 Å². The first-order valence-electron chi connectivity index (χ1n) is 6.81. The molecule has 0 fully saturated rings. The largest absolute Gasteiger partial charge is 0.350 e.